The van der Waals surface area contributed by atoms with Crippen molar-refractivity contribution >= 4 is 23.2 Å². The zero-order valence-electron chi connectivity index (χ0n) is 10.5. The molecule has 0 radical (unpaired) electrons. The summed E-state index contributed by atoms with van der Waals surface area (Å²) < 4.78 is 5.43. The van der Waals surface area contributed by atoms with Gasteiger partial charge in [-0.2, -0.15) is 0 Å². The third-order valence-corrected chi connectivity index (χ3v) is 3.64. The minimum atomic E-state index is 0. The second kappa shape index (κ2) is 5.59. The van der Waals surface area contributed by atoms with Crippen molar-refractivity contribution in [2.75, 3.05) is 20.2 Å². The van der Waals surface area contributed by atoms with E-state index in [1.54, 1.807) is 7.11 Å². The Bertz CT molecular complexity index is 535. The fourth-order valence-corrected chi connectivity index (χ4v) is 2.75. The summed E-state index contributed by atoms with van der Waals surface area (Å²) in [4.78, 5) is 0. The van der Waals surface area contributed by atoms with E-state index in [4.69, 9.17) is 4.74 Å². The van der Waals surface area contributed by atoms with Gasteiger partial charge in [-0.05, 0) is 35.9 Å². The predicted molar refractivity (Wildman–Crippen MR) is 78.0 cm³/mol. The lowest BCUT2D eigenvalue weighted by Crippen LogP contribution is -2.08. The lowest BCUT2D eigenvalue weighted by atomic mass is 9.92. The molecular formula is C15H18ClNO. The van der Waals surface area contributed by atoms with Crippen LogP contribution in [0.2, 0.25) is 0 Å². The number of methoxy groups -OCH3 is 1. The zero-order chi connectivity index (χ0) is 11.7. The standard InChI is InChI=1S/C15H17NO.ClH/c1-17-15-7-6-12(11-8-9-16-10-11)13-4-2-3-5-14(13)15;/h2-7,11,16H,8-10H2,1H3;1H. The first-order valence-corrected chi connectivity index (χ1v) is 6.16. The fourth-order valence-electron chi connectivity index (χ4n) is 2.75. The zero-order valence-corrected chi connectivity index (χ0v) is 11.3. The van der Waals surface area contributed by atoms with E-state index < -0.39 is 0 Å². The highest BCUT2D eigenvalue weighted by Crippen LogP contribution is 2.34. The Morgan fingerprint density at radius 1 is 1.11 bits per heavy atom. The van der Waals surface area contributed by atoms with E-state index in [0.717, 1.165) is 18.8 Å². The van der Waals surface area contributed by atoms with Gasteiger partial charge < -0.3 is 10.1 Å². The van der Waals surface area contributed by atoms with Crippen molar-refractivity contribution in [2.45, 2.75) is 12.3 Å². The van der Waals surface area contributed by atoms with Crippen LogP contribution in [0.3, 0.4) is 0 Å². The van der Waals surface area contributed by atoms with Crippen LogP contribution in [0, 0.1) is 0 Å². The van der Waals surface area contributed by atoms with Gasteiger partial charge >= 0.3 is 0 Å². The molecule has 0 aromatic heterocycles. The number of halogens is 1. The summed E-state index contributed by atoms with van der Waals surface area (Å²) in [7, 11) is 1.73. The van der Waals surface area contributed by atoms with E-state index in [2.05, 4.69) is 41.7 Å². The number of rotatable bonds is 2. The summed E-state index contributed by atoms with van der Waals surface area (Å²) in [5.74, 6) is 1.61. The van der Waals surface area contributed by atoms with Crippen molar-refractivity contribution in [3.63, 3.8) is 0 Å². The van der Waals surface area contributed by atoms with Crippen LogP contribution in [0.1, 0.15) is 17.9 Å². The molecule has 0 bridgehead atoms. The Kier molecular flexibility index (Phi) is 4.10. The Labute approximate surface area is 114 Å². The van der Waals surface area contributed by atoms with Crippen LogP contribution in [0.15, 0.2) is 36.4 Å². The molecule has 3 heteroatoms. The fraction of sp³-hybridized carbons (Fsp3) is 0.333. The maximum absolute atomic E-state index is 5.43. The number of nitrogens with one attached hydrogen (secondary N) is 1. The molecule has 18 heavy (non-hydrogen) atoms. The number of fused-ring (bicyclic) bond motifs is 1. The molecule has 1 aliphatic rings. The van der Waals surface area contributed by atoms with E-state index in [9.17, 15) is 0 Å². The molecule has 1 unspecified atom stereocenters. The van der Waals surface area contributed by atoms with E-state index in [0.29, 0.717) is 5.92 Å². The molecule has 1 fully saturated rings. The second-order valence-electron chi connectivity index (χ2n) is 4.59. The quantitative estimate of drug-likeness (QED) is 0.897. The topological polar surface area (TPSA) is 21.3 Å². The molecule has 96 valence electrons. The monoisotopic (exact) mass is 263 g/mol. The van der Waals surface area contributed by atoms with Crippen molar-refractivity contribution in [3.05, 3.63) is 42.0 Å². The predicted octanol–water partition coefficient (Wildman–Crippen LogP) is 3.35. The first-order valence-electron chi connectivity index (χ1n) is 6.16. The average Bonchev–Trinajstić information content (AvgIpc) is 2.91. The van der Waals surface area contributed by atoms with Gasteiger partial charge in [0.15, 0.2) is 0 Å². The molecule has 1 aliphatic heterocycles. The summed E-state index contributed by atoms with van der Waals surface area (Å²) in [5.41, 5.74) is 1.45. The largest absolute Gasteiger partial charge is 0.496 e. The summed E-state index contributed by atoms with van der Waals surface area (Å²) >= 11 is 0. The number of ether oxygens (including phenoxy) is 1. The van der Waals surface area contributed by atoms with Gasteiger partial charge in [0.1, 0.15) is 5.75 Å². The Morgan fingerprint density at radius 2 is 1.89 bits per heavy atom. The molecule has 1 heterocycles. The highest BCUT2D eigenvalue weighted by atomic mass is 35.5. The molecule has 2 aromatic rings. The van der Waals surface area contributed by atoms with Crippen LogP contribution >= 0.6 is 12.4 Å². The SMILES string of the molecule is COc1ccc(C2CCNC2)c2ccccc12.Cl. The molecule has 2 aromatic carbocycles. The third-order valence-electron chi connectivity index (χ3n) is 3.64. The summed E-state index contributed by atoms with van der Waals surface area (Å²) in [6.45, 7) is 2.22. The van der Waals surface area contributed by atoms with Crippen LogP contribution < -0.4 is 10.1 Å². The Morgan fingerprint density at radius 3 is 2.56 bits per heavy atom. The van der Waals surface area contributed by atoms with E-state index in [1.165, 1.54) is 22.8 Å². The Balaban J connectivity index is 0.00000120. The third kappa shape index (κ3) is 2.18. The van der Waals surface area contributed by atoms with Gasteiger partial charge in [0.05, 0.1) is 7.11 Å². The first-order chi connectivity index (χ1) is 8.40. The molecule has 0 amide bonds. The molecule has 0 aliphatic carbocycles. The highest BCUT2D eigenvalue weighted by Gasteiger charge is 2.19. The van der Waals surface area contributed by atoms with Gasteiger partial charge in [-0.1, -0.05) is 30.3 Å². The number of benzene rings is 2. The van der Waals surface area contributed by atoms with Crippen LogP contribution in [-0.4, -0.2) is 20.2 Å². The minimum Gasteiger partial charge on any atom is -0.496 e. The Hall–Kier alpha value is -1.25. The van der Waals surface area contributed by atoms with E-state index in [1.807, 2.05) is 0 Å². The molecule has 1 N–H and O–H groups in total. The number of hydrogen-bond acceptors (Lipinski definition) is 2. The lowest BCUT2D eigenvalue weighted by Gasteiger charge is -2.14. The van der Waals surface area contributed by atoms with Gasteiger partial charge in [-0.15, -0.1) is 12.4 Å². The van der Waals surface area contributed by atoms with Crippen molar-refractivity contribution in [2.24, 2.45) is 0 Å². The second-order valence-corrected chi connectivity index (χ2v) is 4.59. The smallest absolute Gasteiger partial charge is 0.126 e. The van der Waals surface area contributed by atoms with E-state index in [-0.39, 0.29) is 12.4 Å². The van der Waals surface area contributed by atoms with Gasteiger partial charge in [0, 0.05) is 11.9 Å². The maximum Gasteiger partial charge on any atom is 0.126 e. The summed E-state index contributed by atoms with van der Waals surface area (Å²) in [6, 6.07) is 12.8. The summed E-state index contributed by atoms with van der Waals surface area (Å²) in [6.07, 6.45) is 1.23. The van der Waals surface area contributed by atoms with Crippen molar-refractivity contribution in [1.82, 2.24) is 5.32 Å². The minimum absolute atomic E-state index is 0. The molecule has 2 nitrogen and oxygen atoms in total. The van der Waals surface area contributed by atoms with Crippen molar-refractivity contribution in [3.8, 4) is 5.75 Å². The van der Waals surface area contributed by atoms with Gasteiger partial charge in [0.25, 0.3) is 0 Å². The van der Waals surface area contributed by atoms with Crippen LogP contribution in [0.4, 0.5) is 0 Å². The summed E-state index contributed by atoms with van der Waals surface area (Å²) in [5, 5.41) is 5.99. The molecule has 0 spiro atoms. The van der Waals surface area contributed by atoms with Crippen molar-refractivity contribution < 1.29 is 4.74 Å². The van der Waals surface area contributed by atoms with Gasteiger partial charge in [-0.25, -0.2) is 0 Å². The molecule has 3 rings (SSSR count). The molecule has 1 atom stereocenters. The van der Waals surface area contributed by atoms with Crippen LogP contribution in [0.25, 0.3) is 10.8 Å². The molecule has 0 saturated carbocycles. The highest BCUT2D eigenvalue weighted by molar-refractivity contribution is 5.91. The average molecular weight is 264 g/mol. The maximum atomic E-state index is 5.43. The lowest BCUT2D eigenvalue weighted by molar-refractivity contribution is 0.419. The molecular weight excluding hydrogens is 246 g/mol. The molecule has 1 saturated heterocycles. The van der Waals surface area contributed by atoms with Crippen LogP contribution in [-0.2, 0) is 0 Å². The first kappa shape index (κ1) is 13.2. The van der Waals surface area contributed by atoms with Gasteiger partial charge in [0.2, 0.25) is 0 Å². The van der Waals surface area contributed by atoms with Crippen molar-refractivity contribution in [1.29, 1.82) is 0 Å². The van der Waals surface area contributed by atoms with Crippen LogP contribution in [0.5, 0.6) is 5.75 Å². The normalized spacial score (nSPS) is 18.6. The van der Waals surface area contributed by atoms with E-state index >= 15 is 0 Å². The van der Waals surface area contributed by atoms with Gasteiger partial charge in [-0.3, -0.25) is 0 Å². The number of hydrogen-bond donors (Lipinski definition) is 1.